The van der Waals surface area contributed by atoms with Gasteiger partial charge in [-0.15, -0.1) is 0 Å². The molecule has 11 heavy (non-hydrogen) atoms. The number of thiol groups is 1. The zero-order chi connectivity index (χ0) is 8.20. The number of hydrogen-bond donors (Lipinski definition) is 2. The summed E-state index contributed by atoms with van der Waals surface area (Å²) in [6, 6.07) is 0. The number of hydrogen-bond acceptors (Lipinski definition) is 4. The van der Waals surface area contributed by atoms with Crippen LogP contribution < -0.4 is 6.15 Å². The van der Waals surface area contributed by atoms with Gasteiger partial charge in [-0.2, -0.15) is 12.6 Å². The van der Waals surface area contributed by atoms with E-state index in [0.29, 0.717) is 12.8 Å². The fraction of sp³-hybridized carbons (Fsp3) is 1.00. The Kier molecular flexibility index (Phi) is 7.29. The lowest BCUT2D eigenvalue weighted by atomic mass is 10.3. The third kappa shape index (κ3) is 13.2. The number of quaternary nitrogens is 1. The molecule has 0 fully saturated rings. The van der Waals surface area contributed by atoms with Crippen molar-refractivity contribution in [2.24, 2.45) is 0 Å². The van der Waals surface area contributed by atoms with Crippen molar-refractivity contribution in [3.63, 3.8) is 0 Å². The fourth-order valence-electron chi connectivity index (χ4n) is 0.556. The van der Waals surface area contributed by atoms with E-state index in [0.717, 1.165) is 0 Å². The topological polar surface area (TPSA) is 93.7 Å². The third-order valence-electron chi connectivity index (χ3n) is 1.02. The molecule has 0 aliphatic carbocycles. The largest absolute Gasteiger partial charge is 0.748 e. The summed E-state index contributed by atoms with van der Waals surface area (Å²) in [5.41, 5.74) is 0. The van der Waals surface area contributed by atoms with Crippen molar-refractivity contribution >= 4 is 22.7 Å². The Hall–Kier alpha value is 0.220. The van der Waals surface area contributed by atoms with Crippen molar-refractivity contribution in [2.45, 2.75) is 25.0 Å². The molecule has 0 bridgehead atoms. The van der Waals surface area contributed by atoms with Crippen molar-refractivity contribution in [3.05, 3.63) is 0 Å². The van der Waals surface area contributed by atoms with E-state index >= 15 is 0 Å². The lowest BCUT2D eigenvalue weighted by Gasteiger charge is -2.06. The SMILES string of the molecule is CC(S)CCCS(=O)(=O)[O-].[NH4+]. The van der Waals surface area contributed by atoms with Gasteiger partial charge in [-0.05, 0) is 18.1 Å². The maximum atomic E-state index is 10.0. The highest BCUT2D eigenvalue weighted by Gasteiger charge is 1.97. The highest BCUT2D eigenvalue weighted by Crippen LogP contribution is 2.03. The molecule has 0 saturated heterocycles. The summed E-state index contributed by atoms with van der Waals surface area (Å²) in [4.78, 5) is 0. The summed E-state index contributed by atoms with van der Waals surface area (Å²) in [6.07, 6.45) is 1.08. The summed E-state index contributed by atoms with van der Waals surface area (Å²) in [5.74, 6) is -0.266. The van der Waals surface area contributed by atoms with Crippen molar-refractivity contribution < 1.29 is 13.0 Å². The van der Waals surface area contributed by atoms with E-state index in [1.54, 1.807) is 0 Å². The Morgan fingerprint density at radius 1 is 1.55 bits per heavy atom. The molecule has 4 nitrogen and oxygen atoms in total. The zero-order valence-electron chi connectivity index (χ0n) is 6.78. The van der Waals surface area contributed by atoms with Crippen LogP contribution in [0.4, 0.5) is 0 Å². The number of rotatable bonds is 4. The highest BCUT2D eigenvalue weighted by molar-refractivity contribution is 7.85. The van der Waals surface area contributed by atoms with Crippen LogP contribution in [0.3, 0.4) is 0 Å². The second kappa shape index (κ2) is 5.82. The van der Waals surface area contributed by atoms with Gasteiger partial charge in [0.05, 0.1) is 10.1 Å². The standard InChI is InChI=1S/C5H12O3S2.H3N/c1-5(9)3-2-4-10(6,7)8;/h5,9H,2-4H2,1H3,(H,6,7,8);1H3. The Morgan fingerprint density at radius 3 is 2.27 bits per heavy atom. The molecule has 1 unspecified atom stereocenters. The maximum absolute atomic E-state index is 10.0. The van der Waals surface area contributed by atoms with Crippen LogP contribution >= 0.6 is 12.6 Å². The Balaban J connectivity index is 0. The van der Waals surface area contributed by atoms with Gasteiger partial charge in [0.1, 0.15) is 0 Å². The van der Waals surface area contributed by atoms with Crippen LogP contribution in [-0.4, -0.2) is 24.0 Å². The monoisotopic (exact) mass is 201 g/mol. The maximum Gasteiger partial charge on any atom is 0.0945 e. The first-order valence-corrected chi connectivity index (χ1v) is 5.13. The minimum Gasteiger partial charge on any atom is -0.748 e. The minimum atomic E-state index is -4.00. The zero-order valence-corrected chi connectivity index (χ0v) is 8.49. The van der Waals surface area contributed by atoms with Crippen LogP contribution in [0.15, 0.2) is 0 Å². The van der Waals surface area contributed by atoms with Gasteiger partial charge in [-0.3, -0.25) is 0 Å². The molecule has 0 spiro atoms. The van der Waals surface area contributed by atoms with Crippen LogP contribution in [-0.2, 0) is 10.1 Å². The molecule has 0 aliphatic heterocycles. The van der Waals surface area contributed by atoms with Crippen LogP contribution in [0.5, 0.6) is 0 Å². The van der Waals surface area contributed by atoms with Crippen molar-refractivity contribution in [3.8, 4) is 0 Å². The molecule has 0 aliphatic rings. The lowest BCUT2D eigenvalue weighted by molar-refractivity contribution is 0.460. The molecule has 0 aromatic rings. The first-order valence-electron chi connectivity index (χ1n) is 3.03. The summed E-state index contributed by atoms with van der Waals surface area (Å²) >= 11 is 4.03. The van der Waals surface area contributed by atoms with E-state index < -0.39 is 10.1 Å². The molecule has 0 amide bonds. The molecule has 0 aromatic carbocycles. The van der Waals surface area contributed by atoms with Crippen molar-refractivity contribution in [2.75, 3.05) is 5.75 Å². The van der Waals surface area contributed by atoms with Gasteiger partial charge in [-0.1, -0.05) is 6.92 Å². The van der Waals surface area contributed by atoms with Crippen LogP contribution in [0.25, 0.3) is 0 Å². The average molecular weight is 201 g/mol. The molecule has 0 rings (SSSR count). The predicted molar refractivity (Wildman–Crippen MR) is 48.2 cm³/mol. The van der Waals surface area contributed by atoms with E-state index in [1.807, 2.05) is 6.92 Å². The normalized spacial score (nSPS) is 13.7. The fourth-order valence-corrected chi connectivity index (χ4v) is 1.26. The minimum absolute atomic E-state index is 0. The summed E-state index contributed by atoms with van der Waals surface area (Å²) in [6.45, 7) is 1.86. The molecule has 0 heterocycles. The van der Waals surface area contributed by atoms with Crippen LogP contribution in [0.1, 0.15) is 19.8 Å². The lowest BCUT2D eigenvalue weighted by Crippen LogP contribution is -2.05. The van der Waals surface area contributed by atoms with Gasteiger partial charge in [0.2, 0.25) is 0 Å². The third-order valence-corrected chi connectivity index (χ3v) is 2.06. The molecule has 0 radical (unpaired) electrons. The van der Waals surface area contributed by atoms with Crippen molar-refractivity contribution in [1.82, 2.24) is 6.15 Å². The smallest absolute Gasteiger partial charge is 0.0945 e. The van der Waals surface area contributed by atoms with Gasteiger partial charge in [0.25, 0.3) is 0 Å². The summed E-state index contributed by atoms with van der Waals surface area (Å²) < 4.78 is 30.1. The quantitative estimate of drug-likeness (QED) is 0.525. The first kappa shape index (κ1) is 13.8. The Labute approximate surface area is 73.1 Å². The van der Waals surface area contributed by atoms with E-state index in [4.69, 9.17) is 0 Å². The van der Waals surface area contributed by atoms with Gasteiger partial charge >= 0.3 is 0 Å². The van der Waals surface area contributed by atoms with E-state index in [9.17, 15) is 13.0 Å². The van der Waals surface area contributed by atoms with Gasteiger partial charge < -0.3 is 10.7 Å². The molecule has 4 N–H and O–H groups in total. The molecule has 1 atom stereocenters. The summed E-state index contributed by atoms with van der Waals surface area (Å²) in [5, 5.41) is 0.168. The van der Waals surface area contributed by atoms with Crippen molar-refractivity contribution in [1.29, 1.82) is 0 Å². The Morgan fingerprint density at radius 2 is 2.00 bits per heavy atom. The summed E-state index contributed by atoms with van der Waals surface area (Å²) in [7, 11) is -4.00. The second-order valence-corrected chi connectivity index (χ2v) is 4.66. The molecule has 70 valence electrons. The molecule has 6 heteroatoms. The van der Waals surface area contributed by atoms with E-state index in [-0.39, 0.29) is 17.2 Å². The van der Waals surface area contributed by atoms with E-state index in [1.165, 1.54) is 0 Å². The van der Waals surface area contributed by atoms with Gasteiger partial charge in [0.15, 0.2) is 0 Å². The molecule has 0 saturated carbocycles. The average Bonchev–Trinajstić information content (AvgIpc) is 1.59. The van der Waals surface area contributed by atoms with E-state index in [2.05, 4.69) is 12.6 Å². The van der Waals surface area contributed by atoms with Gasteiger partial charge in [0, 0.05) is 5.75 Å². The van der Waals surface area contributed by atoms with Crippen LogP contribution in [0, 0.1) is 0 Å². The second-order valence-electron chi connectivity index (χ2n) is 2.25. The molecule has 0 aromatic heterocycles. The molecular weight excluding hydrogens is 186 g/mol. The van der Waals surface area contributed by atoms with Crippen LogP contribution in [0.2, 0.25) is 0 Å². The highest BCUT2D eigenvalue weighted by atomic mass is 32.2. The molecular formula is C5H15NO3S2. The Bertz CT molecular complexity index is 176. The predicted octanol–water partition coefficient (Wildman–Crippen LogP) is 1.01. The first-order chi connectivity index (χ1) is 4.42. The van der Waals surface area contributed by atoms with Gasteiger partial charge in [-0.25, -0.2) is 8.42 Å².